The number of benzene rings is 1. The van der Waals surface area contributed by atoms with Gasteiger partial charge in [-0.1, -0.05) is 37.5 Å². The fraction of sp³-hybridized carbons (Fsp3) is 0.588. The maximum Gasteiger partial charge on any atom is 0.252 e. The first-order chi connectivity index (χ1) is 9.48. The van der Waals surface area contributed by atoms with Crippen LogP contribution in [-0.2, 0) is 0 Å². The van der Waals surface area contributed by atoms with Crippen molar-refractivity contribution in [3.05, 3.63) is 34.9 Å². The zero-order chi connectivity index (χ0) is 14.8. The van der Waals surface area contributed by atoms with Gasteiger partial charge in [0.15, 0.2) is 0 Å². The summed E-state index contributed by atoms with van der Waals surface area (Å²) >= 11 is 0. The van der Waals surface area contributed by atoms with Crippen molar-refractivity contribution in [1.29, 1.82) is 0 Å². The van der Waals surface area contributed by atoms with Crippen LogP contribution in [0.2, 0.25) is 0 Å². The molecule has 1 saturated carbocycles. The third-order valence-corrected chi connectivity index (χ3v) is 4.82. The Morgan fingerprint density at radius 2 is 2.15 bits per heavy atom. The van der Waals surface area contributed by atoms with E-state index in [-0.39, 0.29) is 11.4 Å². The van der Waals surface area contributed by atoms with E-state index in [0.29, 0.717) is 12.5 Å². The second-order valence-corrected chi connectivity index (χ2v) is 6.28. The summed E-state index contributed by atoms with van der Waals surface area (Å²) in [5.41, 5.74) is 8.68. The van der Waals surface area contributed by atoms with E-state index in [1.807, 2.05) is 32.0 Å². The molecule has 2 unspecified atom stereocenters. The van der Waals surface area contributed by atoms with Crippen molar-refractivity contribution in [1.82, 2.24) is 5.32 Å². The van der Waals surface area contributed by atoms with Gasteiger partial charge in [0.1, 0.15) is 0 Å². The van der Waals surface area contributed by atoms with Crippen LogP contribution in [0.15, 0.2) is 18.2 Å². The third kappa shape index (κ3) is 2.88. The van der Waals surface area contributed by atoms with Gasteiger partial charge in [-0.05, 0) is 44.2 Å². The van der Waals surface area contributed by atoms with Crippen LogP contribution in [-0.4, -0.2) is 18.0 Å². The van der Waals surface area contributed by atoms with Crippen LogP contribution in [0, 0.1) is 19.8 Å². The van der Waals surface area contributed by atoms with Crippen LogP contribution in [0.5, 0.6) is 0 Å². The molecule has 3 N–H and O–H groups in total. The molecule has 2 rings (SSSR count). The van der Waals surface area contributed by atoms with E-state index in [4.69, 9.17) is 5.73 Å². The third-order valence-electron chi connectivity index (χ3n) is 4.82. The number of hydrogen-bond acceptors (Lipinski definition) is 2. The average molecular weight is 274 g/mol. The molecule has 2 atom stereocenters. The highest BCUT2D eigenvalue weighted by atomic mass is 16.1. The Bertz CT molecular complexity index is 498. The van der Waals surface area contributed by atoms with Gasteiger partial charge < -0.3 is 11.1 Å². The normalized spacial score (nSPS) is 26.3. The number of nitrogens with one attached hydrogen (secondary N) is 1. The molecule has 1 amide bonds. The summed E-state index contributed by atoms with van der Waals surface area (Å²) < 4.78 is 0. The van der Waals surface area contributed by atoms with Crippen molar-refractivity contribution in [3.8, 4) is 0 Å². The Labute approximate surface area is 121 Å². The summed E-state index contributed by atoms with van der Waals surface area (Å²) in [6, 6.07) is 6.00. The van der Waals surface area contributed by atoms with Crippen molar-refractivity contribution in [3.63, 3.8) is 0 Å². The smallest absolute Gasteiger partial charge is 0.252 e. The minimum absolute atomic E-state index is 0.0189. The van der Waals surface area contributed by atoms with Crippen LogP contribution >= 0.6 is 0 Å². The first-order valence-corrected chi connectivity index (χ1v) is 7.58. The zero-order valence-corrected chi connectivity index (χ0v) is 12.8. The van der Waals surface area contributed by atoms with E-state index in [0.717, 1.165) is 36.0 Å². The molecular formula is C17H26N2O. The molecular weight excluding hydrogens is 248 g/mol. The van der Waals surface area contributed by atoms with Gasteiger partial charge in [-0.15, -0.1) is 0 Å². The van der Waals surface area contributed by atoms with Crippen molar-refractivity contribution in [2.24, 2.45) is 11.7 Å². The Balaban J connectivity index is 2.23. The lowest BCUT2D eigenvalue weighted by atomic mass is 9.73. The van der Waals surface area contributed by atoms with E-state index in [9.17, 15) is 4.79 Å². The number of amides is 1. The molecule has 1 aliphatic rings. The lowest BCUT2D eigenvalue weighted by Gasteiger charge is -2.42. The van der Waals surface area contributed by atoms with Gasteiger partial charge in [0.2, 0.25) is 0 Å². The molecule has 0 radical (unpaired) electrons. The lowest BCUT2D eigenvalue weighted by Crippen LogP contribution is -2.59. The molecule has 3 heteroatoms. The topological polar surface area (TPSA) is 55.1 Å². The number of nitrogens with two attached hydrogens (primary N) is 1. The average Bonchev–Trinajstić information content (AvgIpc) is 2.44. The second kappa shape index (κ2) is 5.96. The van der Waals surface area contributed by atoms with E-state index < -0.39 is 0 Å². The lowest BCUT2D eigenvalue weighted by molar-refractivity contribution is 0.0812. The quantitative estimate of drug-likeness (QED) is 0.890. The number of aryl methyl sites for hydroxylation is 2. The van der Waals surface area contributed by atoms with Gasteiger partial charge in [-0.25, -0.2) is 0 Å². The van der Waals surface area contributed by atoms with E-state index >= 15 is 0 Å². The molecule has 0 aromatic heterocycles. The minimum atomic E-state index is -0.231. The molecule has 20 heavy (non-hydrogen) atoms. The van der Waals surface area contributed by atoms with E-state index in [1.165, 1.54) is 6.42 Å². The first kappa shape index (κ1) is 15.0. The SMILES string of the molecule is Cc1ccc(C)c(C(=O)NC2(CN)CCCCC2C)c1. The molecule has 110 valence electrons. The van der Waals surface area contributed by atoms with Gasteiger partial charge in [0.25, 0.3) is 5.91 Å². The summed E-state index contributed by atoms with van der Waals surface area (Å²) in [4.78, 5) is 12.6. The number of carbonyl (C=O) groups is 1. The van der Waals surface area contributed by atoms with Crippen LogP contribution in [0.3, 0.4) is 0 Å². The predicted octanol–water partition coefficient (Wildman–Crippen LogP) is 2.94. The highest BCUT2D eigenvalue weighted by Crippen LogP contribution is 2.33. The Hall–Kier alpha value is -1.35. The Morgan fingerprint density at radius 3 is 2.80 bits per heavy atom. The molecule has 3 nitrogen and oxygen atoms in total. The van der Waals surface area contributed by atoms with Crippen LogP contribution in [0.1, 0.15) is 54.1 Å². The standard InChI is InChI=1S/C17H26N2O/c1-12-7-8-13(2)15(10-12)16(20)19-17(11-18)9-5-4-6-14(17)3/h7-8,10,14H,4-6,9,11,18H2,1-3H3,(H,19,20). The zero-order valence-electron chi connectivity index (χ0n) is 12.8. The van der Waals surface area contributed by atoms with Gasteiger partial charge >= 0.3 is 0 Å². The molecule has 0 heterocycles. The predicted molar refractivity (Wildman–Crippen MR) is 82.8 cm³/mol. The molecule has 0 saturated heterocycles. The van der Waals surface area contributed by atoms with E-state index in [2.05, 4.69) is 12.2 Å². The highest BCUT2D eigenvalue weighted by molar-refractivity contribution is 5.96. The maximum atomic E-state index is 12.6. The number of carbonyl (C=O) groups excluding carboxylic acids is 1. The summed E-state index contributed by atoms with van der Waals surface area (Å²) in [7, 11) is 0. The summed E-state index contributed by atoms with van der Waals surface area (Å²) in [6.07, 6.45) is 4.52. The van der Waals surface area contributed by atoms with Crippen LogP contribution < -0.4 is 11.1 Å². The monoisotopic (exact) mass is 274 g/mol. The van der Waals surface area contributed by atoms with Crippen LogP contribution in [0.4, 0.5) is 0 Å². The van der Waals surface area contributed by atoms with Crippen LogP contribution in [0.25, 0.3) is 0 Å². The van der Waals surface area contributed by atoms with Gasteiger partial charge in [-0.2, -0.15) is 0 Å². The highest BCUT2D eigenvalue weighted by Gasteiger charge is 2.38. The van der Waals surface area contributed by atoms with Crippen molar-refractivity contribution in [2.75, 3.05) is 6.54 Å². The van der Waals surface area contributed by atoms with Gasteiger partial charge in [-0.3, -0.25) is 4.79 Å². The van der Waals surface area contributed by atoms with E-state index in [1.54, 1.807) is 0 Å². The first-order valence-electron chi connectivity index (χ1n) is 7.58. The summed E-state index contributed by atoms with van der Waals surface area (Å²) in [6.45, 7) is 6.71. The number of rotatable bonds is 3. The van der Waals surface area contributed by atoms with Gasteiger partial charge in [0.05, 0.1) is 5.54 Å². The molecule has 0 spiro atoms. The Morgan fingerprint density at radius 1 is 1.40 bits per heavy atom. The largest absolute Gasteiger partial charge is 0.345 e. The number of hydrogen-bond donors (Lipinski definition) is 2. The van der Waals surface area contributed by atoms with Crippen molar-refractivity contribution >= 4 is 5.91 Å². The van der Waals surface area contributed by atoms with Gasteiger partial charge in [0, 0.05) is 12.1 Å². The molecule has 0 aliphatic heterocycles. The fourth-order valence-corrected chi connectivity index (χ4v) is 3.23. The minimum Gasteiger partial charge on any atom is -0.345 e. The molecule has 0 bridgehead atoms. The molecule has 1 aromatic rings. The summed E-state index contributed by atoms with van der Waals surface area (Å²) in [5.74, 6) is 0.459. The fourth-order valence-electron chi connectivity index (χ4n) is 3.23. The molecule has 1 fully saturated rings. The summed E-state index contributed by atoms with van der Waals surface area (Å²) in [5, 5.41) is 3.25. The Kier molecular flexibility index (Phi) is 4.48. The molecule has 1 aliphatic carbocycles. The second-order valence-electron chi connectivity index (χ2n) is 6.28. The van der Waals surface area contributed by atoms with Crippen molar-refractivity contribution < 1.29 is 4.79 Å². The van der Waals surface area contributed by atoms with Crippen molar-refractivity contribution in [2.45, 2.75) is 52.0 Å². The molecule has 1 aromatic carbocycles. The maximum absolute atomic E-state index is 12.6.